The minimum absolute atomic E-state index is 0.255. The number of nitrogens with zero attached hydrogens (tertiary/aromatic N) is 3. The zero-order valence-electron chi connectivity index (χ0n) is 17.0. The van der Waals surface area contributed by atoms with Gasteiger partial charge in [-0.15, -0.1) is 0 Å². The number of hydrogen-bond donors (Lipinski definition) is 1. The van der Waals surface area contributed by atoms with Crippen molar-refractivity contribution < 1.29 is 13.2 Å². The number of thiophene rings is 1. The van der Waals surface area contributed by atoms with E-state index >= 15 is 0 Å². The van der Waals surface area contributed by atoms with E-state index in [1.807, 2.05) is 29.0 Å². The molecule has 0 radical (unpaired) electrons. The number of rotatable bonds is 7. The summed E-state index contributed by atoms with van der Waals surface area (Å²) in [5.41, 5.74) is 4.08. The Morgan fingerprint density at radius 1 is 1.29 bits per heavy atom. The van der Waals surface area contributed by atoms with Crippen LogP contribution in [0.15, 0.2) is 53.5 Å². The first-order valence-corrected chi connectivity index (χ1v) is 12.5. The molecule has 0 fully saturated rings. The van der Waals surface area contributed by atoms with Crippen LogP contribution in [0.2, 0.25) is 0 Å². The minimum atomic E-state index is -3.44. The number of nitrogens with one attached hydrogen (secondary N) is 1. The fraction of sp³-hybridized carbons (Fsp3) is 0.273. The molecule has 0 aliphatic carbocycles. The van der Waals surface area contributed by atoms with E-state index in [0.29, 0.717) is 30.9 Å². The van der Waals surface area contributed by atoms with Crippen molar-refractivity contribution in [2.75, 3.05) is 18.2 Å². The quantitative estimate of drug-likeness (QED) is 0.545. The topological polar surface area (TPSA) is 75.9 Å². The molecule has 160 valence electrons. The lowest BCUT2D eigenvalue weighted by molar-refractivity contribution is 0.180. The Morgan fingerprint density at radius 2 is 2.10 bits per heavy atom. The highest BCUT2D eigenvalue weighted by Gasteiger charge is 2.32. The third-order valence-corrected chi connectivity index (χ3v) is 7.15. The highest BCUT2D eigenvalue weighted by molar-refractivity contribution is 7.88. The summed E-state index contributed by atoms with van der Waals surface area (Å²) >= 11 is 1.54. The number of ether oxygens (including phenoxy) is 1. The van der Waals surface area contributed by atoms with Gasteiger partial charge < -0.3 is 10.1 Å². The maximum absolute atomic E-state index is 12.5. The van der Waals surface area contributed by atoms with Gasteiger partial charge >= 0.3 is 0 Å². The smallest absolute Gasteiger partial charge is 0.211 e. The summed E-state index contributed by atoms with van der Waals surface area (Å²) in [4.78, 5) is 7.61. The number of sulfonamides is 1. The molecule has 0 saturated heterocycles. The van der Waals surface area contributed by atoms with E-state index in [1.165, 1.54) is 21.9 Å². The molecule has 0 bridgehead atoms. The maximum atomic E-state index is 12.5. The van der Waals surface area contributed by atoms with Crippen molar-refractivity contribution >= 4 is 32.7 Å². The van der Waals surface area contributed by atoms with Gasteiger partial charge in [0.25, 0.3) is 0 Å². The third kappa shape index (κ3) is 5.05. The molecule has 1 aliphatic heterocycles. The lowest BCUT2D eigenvalue weighted by Crippen LogP contribution is -2.45. The van der Waals surface area contributed by atoms with Crippen LogP contribution < -0.4 is 10.1 Å². The van der Waals surface area contributed by atoms with Crippen LogP contribution in [-0.4, -0.2) is 36.6 Å². The summed E-state index contributed by atoms with van der Waals surface area (Å²) in [5, 5.41) is 7.24. The molecule has 9 heteroatoms. The van der Waals surface area contributed by atoms with Gasteiger partial charge in [0.05, 0.1) is 24.6 Å². The zero-order chi connectivity index (χ0) is 21.8. The largest absolute Gasteiger partial charge is 0.490 e. The van der Waals surface area contributed by atoms with Crippen LogP contribution in [0.25, 0.3) is 4.85 Å². The van der Waals surface area contributed by atoms with Crippen molar-refractivity contribution in [1.82, 2.24) is 9.29 Å². The Labute approximate surface area is 186 Å². The average molecular weight is 455 g/mol. The van der Waals surface area contributed by atoms with Gasteiger partial charge in [-0.05, 0) is 64.2 Å². The molecule has 1 unspecified atom stereocenters. The molecule has 1 atom stereocenters. The lowest BCUT2D eigenvalue weighted by atomic mass is 10.00. The van der Waals surface area contributed by atoms with Crippen molar-refractivity contribution in [3.63, 3.8) is 0 Å². The van der Waals surface area contributed by atoms with E-state index < -0.39 is 10.0 Å². The normalized spacial score (nSPS) is 15.7. The highest BCUT2D eigenvalue weighted by atomic mass is 32.2. The first-order chi connectivity index (χ1) is 14.9. The van der Waals surface area contributed by atoms with E-state index in [0.717, 1.165) is 22.4 Å². The van der Waals surface area contributed by atoms with Gasteiger partial charge in [-0.3, -0.25) is 4.98 Å². The van der Waals surface area contributed by atoms with Crippen LogP contribution in [0.1, 0.15) is 16.7 Å². The molecule has 3 aromatic rings. The maximum Gasteiger partial charge on any atom is 0.211 e. The van der Waals surface area contributed by atoms with Gasteiger partial charge in [0, 0.05) is 25.5 Å². The highest BCUT2D eigenvalue weighted by Crippen LogP contribution is 2.39. The molecule has 31 heavy (non-hydrogen) atoms. The summed E-state index contributed by atoms with van der Waals surface area (Å²) in [6, 6.07) is 8.99. The first-order valence-electron chi connectivity index (χ1n) is 9.72. The van der Waals surface area contributed by atoms with Gasteiger partial charge in [-0.25, -0.2) is 13.3 Å². The molecule has 0 saturated carbocycles. The number of fused-ring (bicyclic) bond motifs is 1. The molecule has 2 aromatic heterocycles. The summed E-state index contributed by atoms with van der Waals surface area (Å²) < 4.78 is 32.6. The fourth-order valence-electron chi connectivity index (χ4n) is 3.64. The summed E-state index contributed by atoms with van der Waals surface area (Å²) in [7, 11) is -3.44. The van der Waals surface area contributed by atoms with Crippen LogP contribution in [0.4, 0.5) is 11.4 Å². The minimum Gasteiger partial charge on any atom is -0.490 e. The number of benzene rings is 1. The monoisotopic (exact) mass is 454 g/mol. The van der Waals surface area contributed by atoms with Gasteiger partial charge in [0.2, 0.25) is 10.0 Å². The molecular formula is C22H22N4O3S2. The Balaban J connectivity index is 1.59. The Morgan fingerprint density at radius 3 is 2.77 bits per heavy atom. The second-order valence-electron chi connectivity index (χ2n) is 7.41. The molecule has 0 amide bonds. The standard InChI is InChI=1S/C22H22N4O3S2/c1-23-19-9-18-10-20(26(31(2,27)28)13-17-5-8-30-15-17)14-29-22(18)21(11-19)25-12-16-3-6-24-7-4-16/h3-9,11,15,20,25H,10,12-14H2,2H3. The number of aromatic nitrogens is 1. The second kappa shape index (κ2) is 9.06. The molecule has 1 aromatic carbocycles. The number of anilines is 1. The molecule has 1 aliphatic rings. The van der Waals surface area contributed by atoms with Crippen molar-refractivity contribution in [2.24, 2.45) is 0 Å². The number of pyridine rings is 1. The van der Waals surface area contributed by atoms with Crippen molar-refractivity contribution in [2.45, 2.75) is 25.6 Å². The molecule has 3 heterocycles. The van der Waals surface area contributed by atoms with Crippen LogP contribution in [0.5, 0.6) is 5.75 Å². The van der Waals surface area contributed by atoms with Crippen molar-refractivity contribution in [1.29, 1.82) is 0 Å². The van der Waals surface area contributed by atoms with Crippen LogP contribution in [0, 0.1) is 6.57 Å². The van der Waals surface area contributed by atoms with Gasteiger partial charge in [-0.1, -0.05) is 0 Å². The number of hydrogen-bond acceptors (Lipinski definition) is 6. The van der Waals surface area contributed by atoms with Crippen LogP contribution in [-0.2, 0) is 29.5 Å². The second-order valence-corrected chi connectivity index (χ2v) is 10.1. The van der Waals surface area contributed by atoms with Crippen molar-refractivity contribution in [3.8, 4) is 5.75 Å². The SMILES string of the molecule is [C-]#[N+]c1cc2c(c(NCc3ccncc3)c1)OCC(N(Cc1ccsc1)S(C)(=O)=O)C2. The van der Waals surface area contributed by atoms with E-state index in [2.05, 4.69) is 15.1 Å². The third-order valence-electron chi connectivity index (χ3n) is 5.14. The van der Waals surface area contributed by atoms with Crippen LogP contribution >= 0.6 is 11.3 Å². The lowest BCUT2D eigenvalue weighted by Gasteiger charge is -2.34. The summed E-state index contributed by atoms with van der Waals surface area (Å²) in [6.45, 7) is 8.59. The molecular weight excluding hydrogens is 432 g/mol. The Kier molecular flexibility index (Phi) is 6.23. The first kappa shape index (κ1) is 21.3. The summed E-state index contributed by atoms with van der Waals surface area (Å²) in [5.74, 6) is 0.682. The Hall–Kier alpha value is -2.93. The van der Waals surface area contributed by atoms with Gasteiger partial charge in [0.15, 0.2) is 5.69 Å². The zero-order valence-corrected chi connectivity index (χ0v) is 18.6. The average Bonchev–Trinajstić information content (AvgIpc) is 3.28. The molecule has 4 rings (SSSR count). The van der Waals surface area contributed by atoms with E-state index in [1.54, 1.807) is 24.5 Å². The van der Waals surface area contributed by atoms with E-state index in [4.69, 9.17) is 11.3 Å². The molecule has 0 spiro atoms. The van der Waals surface area contributed by atoms with Gasteiger partial charge in [-0.2, -0.15) is 15.6 Å². The predicted octanol–water partition coefficient (Wildman–Crippen LogP) is 4.07. The molecule has 1 N–H and O–H groups in total. The predicted molar refractivity (Wildman–Crippen MR) is 122 cm³/mol. The van der Waals surface area contributed by atoms with E-state index in [9.17, 15) is 8.42 Å². The van der Waals surface area contributed by atoms with E-state index in [-0.39, 0.29) is 12.6 Å². The molecule has 7 nitrogen and oxygen atoms in total. The van der Waals surface area contributed by atoms with Gasteiger partial charge in [0.1, 0.15) is 12.4 Å². The van der Waals surface area contributed by atoms with Crippen LogP contribution in [0.3, 0.4) is 0 Å². The summed E-state index contributed by atoms with van der Waals surface area (Å²) in [6.07, 6.45) is 5.18. The fourth-order valence-corrected chi connectivity index (χ4v) is 5.37. The Bertz CT molecular complexity index is 1190. The van der Waals surface area contributed by atoms with Crippen molar-refractivity contribution in [3.05, 3.63) is 81.6 Å².